The van der Waals surface area contributed by atoms with Crippen molar-refractivity contribution in [3.8, 4) is 0 Å². The van der Waals surface area contributed by atoms with Gasteiger partial charge in [0.15, 0.2) is 0 Å². The Bertz CT molecular complexity index is 909. The van der Waals surface area contributed by atoms with E-state index in [0.717, 1.165) is 42.7 Å². The van der Waals surface area contributed by atoms with Gasteiger partial charge in [-0.15, -0.1) is 0 Å². The van der Waals surface area contributed by atoms with Gasteiger partial charge in [0.2, 0.25) is 0 Å². The average Bonchev–Trinajstić information content (AvgIpc) is 3.12. The molecule has 0 spiro atoms. The van der Waals surface area contributed by atoms with Gasteiger partial charge in [0, 0.05) is 44.0 Å². The molecule has 1 aromatic carbocycles. The third-order valence-corrected chi connectivity index (χ3v) is 5.04. The fraction of sp³-hybridized carbons (Fsp3) is 0.333. The number of hydrogen-bond donors (Lipinski definition) is 0. The maximum atomic E-state index is 12.9. The zero-order valence-electron chi connectivity index (χ0n) is 15.1. The first-order valence-corrected chi connectivity index (χ1v) is 9.32. The van der Waals surface area contributed by atoms with E-state index < -0.39 is 0 Å². The van der Waals surface area contributed by atoms with Gasteiger partial charge >= 0.3 is 6.03 Å². The number of para-hydroxylation sites is 1. The number of piperazine rings is 1. The third-order valence-electron chi connectivity index (χ3n) is 5.04. The van der Waals surface area contributed by atoms with Crippen molar-refractivity contribution in [2.75, 3.05) is 31.1 Å². The zero-order valence-corrected chi connectivity index (χ0v) is 15.1. The zero-order chi connectivity index (χ0) is 17.9. The Balaban J connectivity index is 1.48. The average molecular weight is 348 g/mol. The van der Waals surface area contributed by atoms with Crippen LogP contribution in [0.1, 0.15) is 18.9 Å². The molecule has 4 rings (SSSR count). The van der Waals surface area contributed by atoms with Crippen molar-refractivity contribution in [2.45, 2.75) is 19.8 Å². The van der Waals surface area contributed by atoms with Crippen molar-refractivity contribution in [1.82, 2.24) is 14.5 Å². The Labute approximate surface area is 153 Å². The standard InChI is InChI=1S/C21H24N4O/c1-2-6-18-8-5-11-22-20(18)23-13-15-24(16-14-23)21(26)25-12-10-17-7-3-4-9-19(17)25/h3-5,7-12H,2,6,13-16H2,1H3. The monoisotopic (exact) mass is 348 g/mol. The summed E-state index contributed by atoms with van der Waals surface area (Å²) in [6.07, 6.45) is 5.88. The molecular weight excluding hydrogens is 324 g/mol. The van der Waals surface area contributed by atoms with Gasteiger partial charge in [0.25, 0.3) is 0 Å². The van der Waals surface area contributed by atoms with Gasteiger partial charge in [-0.1, -0.05) is 37.6 Å². The van der Waals surface area contributed by atoms with E-state index in [-0.39, 0.29) is 6.03 Å². The second kappa shape index (κ2) is 7.20. The molecule has 5 heteroatoms. The number of benzene rings is 1. The molecule has 0 bridgehead atoms. The van der Waals surface area contributed by atoms with Crippen LogP contribution in [-0.4, -0.2) is 46.7 Å². The van der Waals surface area contributed by atoms with Crippen LogP contribution in [0.15, 0.2) is 54.9 Å². The molecule has 1 saturated heterocycles. The summed E-state index contributed by atoms with van der Waals surface area (Å²) in [6.45, 7) is 5.26. The van der Waals surface area contributed by atoms with E-state index >= 15 is 0 Å². The summed E-state index contributed by atoms with van der Waals surface area (Å²) in [5.74, 6) is 1.08. The first kappa shape index (κ1) is 16.6. The lowest BCUT2D eigenvalue weighted by molar-refractivity contribution is 0.197. The Morgan fingerprint density at radius 1 is 1.04 bits per heavy atom. The Morgan fingerprint density at radius 2 is 1.85 bits per heavy atom. The summed E-state index contributed by atoms with van der Waals surface area (Å²) < 4.78 is 1.76. The van der Waals surface area contributed by atoms with Gasteiger partial charge in [-0.25, -0.2) is 9.78 Å². The van der Waals surface area contributed by atoms with Gasteiger partial charge in [-0.3, -0.25) is 4.57 Å². The highest BCUT2D eigenvalue weighted by atomic mass is 16.2. The van der Waals surface area contributed by atoms with Gasteiger partial charge in [-0.2, -0.15) is 0 Å². The normalized spacial score (nSPS) is 14.8. The molecule has 3 aromatic rings. The number of pyridine rings is 1. The summed E-state index contributed by atoms with van der Waals surface area (Å²) in [5.41, 5.74) is 2.26. The van der Waals surface area contributed by atoms with Gasteiger partial charge in [0.05, 0.1) is 5.52 Å². The highest BCUT2D eigenvalue weighted by molar-refractivity contribution is 5.91. The smallest absolute Gasteiger partial charge is 0.328 e. The van der Waals surface area contributed by atoms with Crippen LogP contribution in [0.5, 0.6) is 0 Å². The summed E-state index contributed by atoms with van der Waals surface area (Å²) in [6, 6.07) is 14.2. The second-order valence-corrected chi connectivity index (χ2v) is 6.74. The van der Waals surface area contributed by atoms with Crippen LogP contribution in [0, 0.1) is 0 Å². The number of fused-ring (bicyclic) bond motifs is 1. The van der Waals surface area contributed by atoms with E-state index in [0.29, 0.717) is 13.1 Å². The Kier molecular flexibility index (Phi) is 4.61. The molecule has 1 aliphatic rings. The number of anilines is 1. The van der Waals surface area contributed by atoms with Crippen molar-refractivity contribution in [3.63, 3.8) is 0 Å². The van der Waals surface area contributed by atoms with Gasteiger partial charge in [-0.05, 0) is 30.2 Å². The number of carbonyl (C=O) groups excluding carboxylic acids is 1. The summed E-state index contributed by atoms with van der Waals surface area (Å²) in [5, 5.41) is 1.09. The van der Waals surface area contributed by atoms with Gasteiger partial charge in [0.1, 0.15) is 5.82 Å². The second-order valence-electron chi connectivity index (χ2n) is 6.74. The van der Waals surface area contributed by atoms with E-state index in [1.807, 2.05) is 53.7 Å². The predicted octanol–water partition coefficient (Wildman–Crippen LogP) is 3.78. The molecule has 26 heavy (non-hydrogen) atoms. The largest absolute Gasteiger partial charge is 0.353 e. The van der Waals surface area contributed by atoms with Crippen LogP contribution in [-0.2, 0) is 6.42 Å². The lowest BCUT2D eigenvalue weighted by Gasteiger charge is -2.36. The lowest BCUT2D eigenvalue weighted by Crippen LogP contribution is -2.50. The van der Waals surface area contributed by atoms with Crippen LogP contribution in [0.25, 0.3) is 10.9 Å². The quantitative estimate of drug-likeness (QED) is 0.723. The molecule has 5 nitrogen and oxygen atoms in total. The summed E-state index contributed by atoms with van der Waals surface area (Å²) in [7, 11) is 0. The maximum absolute atomic E-state index is 12.9. The minimum absolute atomic E-state index is 0.0562. The van der Waals surface area contributed by atoms with Crippen LogP contribution in [0.2, 0.25) is 0 Å². The van der Waals surface area contributed by atoms with Crippen molar-refractivity contribution in [2.24, 2.45) is 0 Å². The first-order chi connectivity index (χ1) is 12.8. The molecule has 2 aromatic heterocycles. The number of aryl methyl sites for hydroxylation is 1. The highest BCUT2D eigenvalue weighted by Gasteiger charge is 2.24. The number of carbonyl (C=O) groups is 1. The fourth-order valence-electron chi connectivity index (χ4n) is 3.69. The molecule has 0 unspecified atom stereocenters. The Hall–Kier alpha value is -2.82. The molecule has 1 aliphatic heterocycles. The topological polar surface area (TPSA) is 41.4 Å². The molecule has 0 N–H and O–H groups in total. The summed E-state index contributed by atoms with van der Waals surface area (Å²) >= 11 is 0. The minimum Gasteiger partial charge on any atom is -0.353 e. The molecular formula is C21H24N4O. The minimum atomic E-state index is 0.0562. The number of aromatic nitrogens is 2. The number of nitrogens with zero attached hydrogens (tertiary/aromatic N) is 4. The van der Waals surface area contributed by atoms with Crippen LogP contribution < -0.4 is 4.90 Å². The van der Waals surface area contributed by atoms with Crippen LogP contribution in [0.4, 0.5) is 10.6 Å². The molecule has 0 radical (unpaired) electrons. The highest BCUT2D eigenvalue weighted by Crippen LogP contribution is 2.21. The molecule has 0 atom stereocenters. The molecule has 3 heterocycles. The third kappa shape index (κ3) is 3.05. The van der Waals surface area contributed by atoms with Crippen LogP contribution >= 0.6 is 0 Å². The number of amides is 1. The molecule has 1 fully saturated rings. The van der Waals surface area contributed by atoms with E-state index in [9.17, 15) is 4.79 Å². The van der Waals surface area contributed by atoms with E-state index in [2.05, 4.69) is 22.9 Å². The molecule has 0 aliphatic carbocycles. The van der Waals surface area contributed by atoms with Crippen LogP contribution in [0.3, 0.4) is 0 Å². The number of rotatable bonds is 3. The van der Waals surface area contributed by atoms with E-state index in [4.69, 9.17) is 0 Å². The fourth-order valence-corrected chi connectivity index (χ4v) is 3.69. The van der Waals surface area contributed by atoms with Gasteiger partial charge < -0.3 is 9.80 Å². The first-order valence-electron chi connectivity index (χ1n) is 9.32. The van der Waals surface area contributed by atoms with E-state index in [1.54, 1.807) is 4.57 Å². The molecule has 134 valence electrons. The lowest BCUT2D eigenvalue weighted by atomic mass is 10.1. The predicted molar refractivity (Wildman–Crippen MR) is 105 cm³/mol. The van der Waals surface area contributed by atoms with Crippen molar-refractivity contribution in [3.05, 3.63) is 60.4 Å². The Morgan fingerprint density at radius 3 is 2.65 bits per heavy atom. The molecule has 0 saturated carbocycles. The molecule has 1 amide bonds. The van der Waals surface area contributed by atoms with Crippen molar-refractivity contribution < 1.29 is 4.79 Å². The SMILES string of the molecule is CCCc1cccnc1N1CCN(C(=O)n2ccc3ccccc32)CC1. The maximum Gasteiger partial charge on any atom is 0.328 e. The van der Waals surface area contributed by atoms with Crippen molar-refractivity contribution >= 4 is 22.8 Å². The van der Waals surface area contributed by atoms with E-state index in [1.165, 1.54) is 5.56 Å². The summed E-state index contributed by atoms with van der Waals surface area (Å²) in [4.78, 5) is 21.8. The van der Waals surface area contributed by atoms with Crippen molar-refractivity contribution in [1.29, 1.82) is 0 Å². The number of hydrogen-bond acceptors (Lipinski definition) is 3.